The number of esters is 1. The van der Waals surface area contributed by atoms with E-state index < -0.39 is 18.5 Å². The zero-order chi connectivity index (χ0) is 18.2. The van der Waals surface area contributed by atoms with Gasteiger partial charge in [-0.3, -0.25) is 4.79 Å². The molecule has 0 unspecified atom stereocenters. The highest BCUT2D eigenvalue weighted by molar-refractivity contribution is 6.31. The van der Waals surface area contributed by atoms with Crippen LogP contribution < -0.4 is 10.1 Å². The van der Waals surface area contributed by atoms with Gasteiger partial charge in [-0.25, -0.2) is 4.79 Å². The van der Waals surface area contributed by atoms with Crippen LogP contribution in [-0.2, 0) is 16.0 Å². The van der Waals surface area contributed by atoms with E-state index in [-0.39, 0.29) is 16.3 Å². The van der Waals surface area contributed by atoms with Crippen molar-refractivity contribution in [1.29, 1.82) is 0 Å². The van der Waals surface area contributed by atoms with E-state index in [2.05, 4.69) is 5.32 Å². The Balaban J connectivity index is 1.74. The number of nitrogens with one attached hydrogen (secondary N) is 1. The first-order valence-corrected chi connectivity index (χ1v) is 7.92. The second-order valence-electron chi connectivity index (χ2n) is 5.19. The third kappa shape index (κ3) is 5.69. The fourth-order valence-electron chi connectivity index (χ4n) is 2.07. The second-order valence-corrected chi connectivity index (χ2v) is 5.62. The first-order chi connectivity index (χ1) is 12.0. The molecule has 25 heavy (non-hydrogen) atoms. The van der Waals surface area contributed by atoms with Crippen molar-refractivity contribution in [2.24, 2.45) is 0 Å². The molecular formula is C18H18ClNO5. The van der Waals surface area contributed by atoms with Crippen LogP contribution in [0, 0.1) is 0 Å². The van der Waals surface area contributed by atoms with Gasteiger partial charge in [-0.05, 0) is 42.3 Å². The predicted molar refractivity (Wildman–Crippen MR) is 93.1 cm³/mol. The van der Waals surface area contributed by atoms with Crippen molar-refractivity contribution in [3.8, 4) is 11.5 Å². The molecule has 1 amide bonds. The number of carbonyl (C=O) groups excluding carboxylic acids is 2. The minimum Gasteiger partial charge on any atom is -0.507 e. The largest absolute Gasteiger partial charge is 0.507 e. The summed E-state index contributed by atoms with van der Waals surface area (Å²) in [5.74, 6) is -0.730. The Bertz CT molecular complexity index is 746. The third-order valence-electron chi connectivity index (χ3n) is 3.41. The molecule has 7 heteroatoms. The molecule has 6 nitrogen and oxygen atoms in total. The van der Waals surface area contributed by atoms with Gasteiger partial charge >= 0.3 is 5.97 Å². The Hall–Kier alpha value is -2.73. The van der Waals surface area contributed by atoms with Crippen molar-refractivity contribution >= 4 is 23.5 Å². The fraction of sp³-hybridized carbons (Fsp3) is 0.222. The van der Waals surface area contributed by atoms with Gasteiger partial charge in [0, 0.05) is 11.6 Å². The Morgan fingerprint density at radius 3 is 2.56 bits per heavy atom. The van der Waals surface area contributed by atoms with Crippen LogP contribution in [0.5, 0.6) is 11.5 Å². The van der Waals surface area contributed by atoms with E-state index in [0.717, 1.165) is 11.3 Å². The molecule has 0 heterocycles. The molecular weight excluding hydrogens is 346 g/mol. The molecule has 0 atom stereocenters. The van der Waals surface area contributed by atoms with Crippen LogP contribution in [0.3, 0.4) is 0 Å². The summed E-state index contributed by atoms with van der Waals surface area (Å²) in [7, 11) is 1.60. The Kier molecular flexibility index (Phi) is 6.65. The van der Waals surface area contributed by atoms with Gasteiger partial charge in [-0.2, -0.15) is 0 Å². The number of rotatable bonds is 7. The number of phenolic OH excluding ortho intramolecular Hbond substituents is 1. The smallest absolute Gasteiger partial charge is 0.342 e. The zero-order valence-corrected chi connectivity index (χ0v) is 14.4. The summed E-state index contributed by atoms with van der Waals surface area (Å²) >= 11 is 5.76. The summed E-state index contributed by atoms with van der Waals surface area (Å²) < 4.78 is 9.95. The van der Waals surface area contributed by atoms with Crippen LogP contribution >= 0.6 is 11.6 Å². The topological polar surface area (TPSA) is 84.9 Å². The summed E-state index contributed by atoms with van der Waals surface area (Å²) in [4.78, 5) is 23.6. The molecule has 0 aromatic heterocycles. The Morgan fingerprint density at radius 1 is 1.16 bits per heavy atom. The lowest BCUT2D eigenvalue weighted by Crippen LogP contribution is -2.30. The highest BCUT2D eigenvalue weighted by Crippen LogP contribution is 2.22. The number of hydrogen-bond donors (Lipinski definition) is 2. The average molecular weight is 364 g/mol. The van der Waals surface area contributed by atoms with Crippen molar-refractivity contribution in [2.45, 2.75) is 6.42 Å². The molecule has 0 bridgehead atoms. The number of aromatic hydroxyl groups is 1. The molecule has 0 saturated carbocycles. The maximum absolute atomic E-state index is 11.8. The summed E-state index contributed by atoms with van der Waals surface area (Å²) in [6, 6.07) is 11.5. The Morgan fingerprint density at radius 2 is 1.88 bits per heavy atom. The highest BCUT2D eigenvalue weighted by atomic mass is 35.5. The molecule has 132 valence electrons. The maximum atomic E-state index is 11.8. The SMILES string of the molecule is COc1ccc(CCNC(=O)COC(=O)c2cc(Cl)ccc2O)cc1. The van der Waals surface area contributed by atoms with Gasteiger partial charge in [0.1, 0.15) is 17.1 Å². The van der Waals surface area contributed by atoms with Crippen molar-refractivity contribution in [1.82, 2.24) is 5.32 Å². The lowest BCUT2D eigenvalue weighted by molar-refractivity contribution is -0.124. The molecule has 2 N–H and O–H groups in total. The van der Waals surface area contributed by atoms with Gasteiger partial charge in [0.05, 0.1) is 7.11 Å². The highest BCUT2D eigenvalue weighted by Gasteiger charge is 2.14. The molecule has 0 aliphatic carbocycles. The predicted octanol–water partition coefficient (Wildman–Crippen LogP) is 2.57. The summed E-state index contributed by atoms with van der Waals surface area (Å²) in [6.45, 7) is -0.0292. The van der Waals surface area contributed by atoms with Gasteiger partial charge in [-0.1, -0.05) is 23.7 Å². The van der Waals surface area contributed by atoms with Crippen LogP contribution in [0.4, 0.5) is 0 Å². The number of benzene rings is 2. The molecule has 2 aromatic carbocycles. The quantitative estimate of drug-likeness (QED) is 0.738. The minimum absolute atomic E-state index is 0.0847. The minimum atomic E-state index is -0.815. The molecule has 0 saturated heterocycles. The number of carbonyl (C=O) groups is 2. The third-order valence-corrected chi connectivity index (χ3v) is 3.64. The average Bonchev–Trinajstić information content (AvgIpc) is 2.62. The number of amides is 1. The van der Waals surface area contributed by atoms with E-state index in [0.29, 0.717) is 13.0 Å². The summed E-state index contributed by atoms with van der Waals surface area (Å²) in [6.07, 6.45) is 0.638. The molecule has 0 aliphatic rings. The van der Waals surface area contributed by atoms with E-state index in [1.165, 1.54) is 18.2 Å². The van der Waals surface area contributed by atoms with Gasteiger partial charge in [0.15, 0.2) is 6.61 Å². The monoisotopic (exact) mass is 363 g/mol. The van der Waals surface area contributed by atoms with Gasteiger partial charge < -0.3 is 19.9 Å². The summed E-state index contributed by atoms with van der Waals surface area (Å²) in [5.41, 5.74) is 0.959. The lowest BCUT2D eigenvalue weighted by Gasteiger charge is -2.08. The van der Waals surface area contributed by atoms with E-state index in [1.54, 1.807) is 7.11 Å². The van der Waals surface area contributed by atoms with Gasteiger partial charge in [0.25, 0.3) is 5.91 Å². The number of halogens is 1. The fourth-order valence-corrected chi connectivity index (χ4v) is 2.24. The maximum Gasteiger partial charge on any atom is 0.342 e. The standard InChI is InChI=1S/C18H18ClNO5/c1-24-14-5-2-12(3-6-14)8-9-20-17(22)11-25-18(23)15-10-13(19)4-7-16(15)21/h2-7,10,21H,8-9,11H2,1H3,(H,20,22). The van der Waals surface area contributed by atoms with Gasteiger partial charge in [-0.15, -0.1) is 0 Å². The molecule has 0 radical (unpaired) electrons. The molecule has 0 spiro atoms. The van der Waals surface area contributed by atoms with Crippen molar-refractivity contribution in [3.05, 3.63) is 58.6 Å². The zero-order valence-electron chi connectivity index (χ0n) is 13.6. The van der Waals surface area contributed by atoms with Crippen LogP contribution in [0.25, 0.3) is 0 Å². The molecule has 0 aliphatic heterocycles. The second kappa shape index (κ2) is 8.94. The van der Waals surface area contributed by atoms with E-state index >= 15 is 0 Å². The van der Waals surface area contributed by atoms with Crippen LogP contribution in [-0.4, -0.2) is 37.2 Å². The molecule has 0 fully saturated rings. The number of phenols is 1. The molecule has 2 rings (SSSR count). The van der Waals surface area contributed by atoms with Gasteiger partial charge in [0.2, 0.25) is 0 Å². The molecule has 2 aromatic rings. The van der Waals surface area contributed by atoms with E-state index in [1.807, 2.05) is 24.3 Å². The Labute approximate surface area is 150 Å². The van der Waals surface area contributed by atoms with Crippen molar-refractivity contribution < 1.29 is 24.2 Å². The normalized spacial score (nSPS) is 10.2. The first-order valence-electron chi connectivity index (χ1n) is 7.55. The summed E-state index contributed by atoms with van der Waals surface area (Å²) in [5, 5.41) is 12.5. The lowest BCUT2D eigenvalue weighted by atomic mass is 10.1. The van der Waals surface area contributed by atoms with E-state index in [9.17, 15) is 14.7 Å². The van der Waals surface area contributed by atoms with Crippen LogP contribution in [0.15, 0.2) is 42.5 Å². The van der Waals surface area contributed by atoms with Crippen LogP contribution in [0.1, 0.15) is 15.9 Å². The number of methoxy groups -OCH3 is 1. The van der Waals surface area contributed by atoms with E-state index in [4.69, 9.17) is 21.1 Å². The van der Waals surface area contributed by atoms with Crippen molar-refractivity contribution in [2.75, 3.05) is 20.3 Å². The van der Waals surface area contributed by atoms with Crippen molar-refractivity contribution in [3.63, 3.8) is 0 Å². The first kappa shape index (κ1) is 18.6. The number of hydrogen-bond acceptors (Lipinski definition) is 5. The van der Waals surface area contributed by atoms with Crippen LogP contribution in [0.2, 0.25) is 5.02 Å². The number of ether oxygens (including phenoxy) is 2.